The highest BCUT2D eigenvalue weighted by molar-refractivity contribution is 5.31. The van der Waals surface area contributed by atoms with Crippen molar-refractivity contribution >= 4 is 0 Å². The largest absolute Gasteiger partial charge is 0.445 e. The Hall–Kier alpha value is -1.61. The number of benzene rings is 1. The van der Waals surface area contributed by atoms with Crippen LogP contribution in [0.5, 0.6) is 0 Å². The molecule has 1 saturated carbocycles. The average Bonchev–Trinajstić information content (AvgIpc) is 3.16. The van der Waals surface area contributed by atoms with Crippen molar-refractivity contribution in [1.82, 2.24) is 10.3 Å². The number of aryl methyl sites for hydroxylation is 1. The number of hydrogen-bond donors (Lipinski definition) is 1. The SMILES string of the molecule is CCNCCCc1ncc(C2CC2c2ccccc2)o1. The van der Waals surface area contributed by atoms with E-state index in [1.165, 1.54) is 12.0 Å². The van der Waals surface area contributed by atoms with E-state index in [4.69, 9.17) is 4.42 Å². The first-order valence-corrected chi connectivity index (χ1v) is 7.58. The third-order valence-corrected chi connectivity index (χ3v) is 3.95. The van der Waals surface area contributed by atoms with E-state index < -0.39 is 0 Å². The van der Waals surface area contributed by atoms with Gasteiger partial charge in [-0.2, -0.15) is 0 Å². The summed E-state index contributed by atoms with van der Waals surface area (Å²) in [7, 11) is 0. The van der Waals surface area contributed by atoms with Crippen LogP contribution in [0.25, 0.3) is 0 Å². The maximum absolute atomic E-state index is 5.90. The van der Waals surface area contributed by atoms with Gasteiger partial charge in [-0.25, -0.2) is 4.98 Å². The molecule has 0 saturated heterocycles. The molecule has 3 heteroatoms. The molecule has 0 radical (unpaired) electrons. The maximum Gasteiger partial charge on any atom is 0.194 e. The number of nitrogens with one attached hydrogen (secondary N) is 1. The van der Waals surface area contributed by atoms with Gasteiger partial charge >= 0.3 is 0 Å². The van der Waals surface area contributed by atoms with Crippen LogP contribution in [0.3, 0.4) is 0 Å². The van der Waals surface area contributed by atoms with E-state index in [1.54, 1.807) is 0 Å². The Kier molecular flexibility index (Phi) is 4.16. The van der Waals surface area contributed by atoms with Crippen LogP contribution in [0.2, 0.25) is 0 Å². The predicted molar refractivity (Wildman–Crippen MR) is 79.9 cm³/mol. The van der Waals surface area contributed by atoms with E-state index in [1.807, 2.05) is 6.20 Å². The molecule has 106 valence electrons. The summed E-state index contributed by atoms with van der Waals surface area (Å²) in [5, 5.41) is 3.32. The molecular formula is C17H22N2O. The molecule has 0 amide bonds. The van der Waals surface area contributed by atoms with E-state index in [0.717, 1.165) is 37.6 Å². The second-order valence-electron chi connectivity index (χ2n) is 5.47. The second-order valence-corrected chi connectivity index (χ2v) is 5.47. The molecule has 1 aromatic carbocycles. The molecule has 1 N–H and O–H groups in total. The molecule has 1 heterocycles. The molecule has 2 unspecified atom stereocenters. The second kappa shape index (κ2) is 6.23. The van der Waals surface area contributed by atoms with Crippen molar-refractivity contribution in [3.05, 3.63) is 53.7 Å². The van der Waals surface area contributed by atoms with Crippen molar-refractivity contribution in [1.29, 1.82) is 0 Å². The zero-order valence-electron chi connectivity index (χ0n) is 12.0. The Morgan fingerprint density at radius 1 is 1.25 bits per heavy atom. The molecule has 1 fully saturated rings. The average molecular weight is 270 g/mol. The summed E-state index contributed by atoms with van der Waals surface area (Å²) in [6.07, 6.45) is 5.13. The van der Waals surface area contributed by atoms with E-state index >= 15 is 0 Å². The third kappa shape index (κ3) is 3.10. The summed E-state index contributed by atoms with van der Waals surface area (Å²) in [6.45, 7) is 4.18. The van der Waals surface area contributed by atoms with Crippen LogP contribution in [-0.4, -0.2) is 18.1 Å². The van der Waals surface area contributed by atoms with E-state index in [9.17, 15) is 0 Å². The number of rotatable bonds is 7. The monoisotopic (exact) mass is 270 g/mol. The number of aromatic nitrogens is 1. The lowest BCUT2D eigenvalue weighted by molar-refractivity contribution is 0.446. The number of oxazole rings is 1. The first-order chi connectivity index (χ1) is 9.88. The molecule has 1 aliphatic rings. The normalized spacial score (nSPS) is 21.1. The highest BCUT2D eigenvalue weighted by Gasteiger charge is 2.41. The quantitative estimate of drug-likeness (QED) is 0.783. The fraction of sp³-hybridized carbons (Fsp3) is 0.471. The maximum atomic E-state index is 5.90. The fourth-order valence-corrected chi connectivity index (χ4v) is 2.73. The predicted octanol–water partition coefficient (Wildman–Crippen LogP) is 3.49. The Morgan fingerprint density at radius 2 is 2.10 bits per heavy atom. The van der Waals surface area contributed by atoms with Gasteiger partial charge in [-0.05, 0) is 37.4 Å². The van der Waals surface area contributed by atoms with Gasteiger partial charge in [-0.15, -0.1) is 0 Å². The van der Waals surface area contributed by atoms with Gasteiger partial charge in [0.25, 0.3) is 0 Å². The highest BCUT2D eigenvalue weighted by atomic mass is 16.4. The summed E-state index contributed by atoms with van der Waals surface area (Å²) in [4.78, 5) is 4.41. The summed E-state index contributed by atoms with van der Waals surface area (Å²) in [6, 6.07) is 10.7. The first-order valence-electron chi connectivity index (χ1n) is 7.58. The minimum absolute atomic E-state index is 0.535. The molecule has 20 heavy (non-hydrogen) atoms. The minimum Gasteiger partial charge on any atom is -0.445 e. The first kappa shape index (κ1) is 13.4. The summed E-state index contributed by atoms with van der Waals surface area (Å²) in [5.74, 6) is 3.11. The van der Waals surface area contributed by atoms with Gasteiger partial charge < -0.3 is 9.73 Å². The summed E-state index contributed by atoms with van der Waals surface area (Å²) < 4.78 is 5.90. The Balaban J connectivity index is 1.54. The molecule has 3 nitrogen and oxygen atoms in total. The molecule has 0 aliphatic heterocycles. The highest BCUT2D eigenvalue weighted by Crippen LogP contribution is 2.54. The molecule has 0 spiro atoms. The van der Waals surface area contributed by atoms with Gasteiger partial charge in [0.2, 0.25) is 0 Å². The van der Waals surface area contributed by atoms with Crippen molar-refractivity contribution in [3.63, 3.8) is 0 Å². The molecule has 2 aromatic rings. The molecule has 0 bridgehead atoms. The van der Waals surface area contributed by atoms with Crippen LogP contribution >= 0.6 is 0 Å². The van der Waals surface area contributed by atoms with Crippen molar-refractivity contribution in [2.75, 3.05) is 13.1 Å². The van der Waals surface area contributed by atoms with Crippen molar-refractivity contribution in [2.45, 2.75) is 38.0 Å². The summed E-state index contributed by atoms with van der Waals surface area (Å²) in [5.41, 5.74) is 1.42. The Bertz CT molecular complexity index is 535. The lowest BCUT2D eigenvalue weighted by atomic mass is 10.1. The van der Waals surface area contributed by atoms with Crippen LogP contribution in [0.4, 0.5) is 0 Å². The number of hydrogen-bond acceptors (Lipinski definition) is 3. The van der Waals surface area contributed by atoms with Crippen molar-refractivity contribution < 1.29 is 4.42 Å². The van der Waals surface area contributed by atoms with Gasteiger partial charge in [0.15, 0.2) is 5.89 Å². The van der Waals surface area contributed by atoms with Crippen LogP contribution < -0.4 is 5.32 Å². The zero-order chi connectivity index (χ0) is 13.8. The molecule has 1 aliphatic carbocycles. The van der Waals surface area contributed by atoms with Gasteiger partial charge in [-0.3, -0.25) is 0 Å². The van der Waals surface area contributed by atoms with Crippen LogP contribution in [0.1, 0.15) is 48.8 Å². The van der Waals surface area contributed by atoms with Crippen LogP contribution in [0.15, 0.2) is 40.9 Å². The van der Waals surface area contributed by atoms with Crippen molar-refractivity contribution in [3.8, 4) is 0 Å². The molecule has 1 aromatic heterocycles. The molecular weight excluding hydrogens is 248 g/mol. The summed E-state index contributed by atoms with van der Waals surface area (Å²) >= 11 is 0. The lowest BCUT2D eigenvalue weighted by Gasteiger charge is -1.99. The Labute approximate surface area is 120 Å². The molecule has 3 rings (SSSR count). The van der Waals surface area contributed by atoms with Crippen LogP contribution in [0, 0.1) is 0 Å². The van der Waals surface area contributed by atoms with E-state index in [2.05, 4.69) is 47.6 Å². The van der Waals surface area contributed by atoms with Crippen LogP contribution in [-0.2, 0) is 6.42 Å². The minimum atomic E-state index is 0.535. The van der Waals surface area contributed by atoms with Gasteiger partial charge in [0.1, 0.15) is 5.76 Å². The van der Waals surface area contributed by atoms with Gasteiger partial charge in [0.05, 0.1) is 6.20 Å². The van der Waals surface area contributed by atoms with Gasteiger partial charge in [0, 0.05) is 12.3 Å². The topological polar surface area (TPSA) is 38.1 Å². The smallest absolute Gasteiger partial charge is 0.194 e. The molecule has 2 atom stereocenters. The lowest BCUT2D eigenvalue weighted by Crippen LogP contribution is -2.14. The fourth-order valence-electron chi connectivity index (χ4n) is 2.73. The zero-order valence-corrected chi connectivity index (χ0v) is 12.0. The van der Waals surface area contributed by atoms with E-state index in [-0.39, 0.29) is 0 Å². The van der Waals surface area contributed by atoms with Gasteiger partial charge in [-0.1, -0.05) is 37.3 Å². The Morgan fingerprint density at radius 3 is 2.90 bits per heavy atom. The van der Waals surface area contributed by atoms with Crippen molar-refractivity contribution in [2.24, 2.45) is 0 Å². The van der Waals surface area contributed by atoms with E-state index in [0.29, 0.717) is 11.8 Å². The number of nitrogens with zero attached hydrogens (tertiary/aromatic N) is 1. The third-order valence-electron chi connectivity index (χ3n) is 3.95. The standard InChI is InChI=1S/C17H22N2O/c1-2-18-10-6-9-17-19-12-16(20-17)15-11-14(15)13-7-4-3-5-8-13/h3-5,7-8,12,14-15,18H,2,6,9-11H2,1H3.